The molecule has 0 radical (unpaired) electrons. The predicted molar refractivity (Wildman–Crippen MR) is 107 cm³/mol. The number of ether oxygens (including phenoxy) is 2. The fourth-order valence-corrected chi connectivity index (χ4v) is 4.09. The molecule has 3 aromatic rings. The zero-order valence-electron chi connectivity index (χ0n) is 15.4. The van der Waals surface area contributed by atoms with Crippen molar-refractivity contribution in [1.82, 2.24) is 4.57 Å². The third-order valence-corrected chi connectivity index (χ3v) is 5.78. The number of thioether (sulfide) groups is 1. The molecule has 0 bridgehead atoms. The largest absolute Gasteiger partial charge is 0.454 e. The Morgan fingerprint density at radius 2 is 1.81 bits per heavy atom. The Labute approximate surface area is 163 Å². The molecule has 0 atom stereocenters. The molecular weight excluding hydrogens is 358 g/mol. The van der Waals surface area contributed by atoms with Crippen molar-refractivity contribution in [3.05, 3.63) is 77.1 Å². The van der Waals surface area contributed by atoms with Crippen molar-refractivity contribution in [1.29, 1.82) is 0 Å². The molecule has 0 N–H and O–H groups in total. The lowest BCUT2D eigenvalue weighted by Gasteiger charge is -2.10. The first kappa shape index (κ1) is 17.7. The van der Waals surface area contributed by atoms with Gasteiger partial charge in [0.05, 0.1) is 5.75 Å². The van der Waals surface area contributed by atoms with Gasteiger partial charge < -0.3 is 14.0 Å². The first-order valence-corrected chi connectivity index (χ1v) is 9.86. The quantitative estimate of drug-likeness (QED) is 0.453. The Morgan fingerprint density at radius 3 is 2.63 bits per heavy atom. The van der Waals surface area contributed by atoms with Crippen molar-refractivity contribution in [3.63, 3.8) is 0 Å². The molecule has 1 aromatic heterocycles. The van der Waals surface area contributed by atoms with Crippen molar-refractivity contribution in [2.45, 2.75) is 25.3 Å². The second-order valence-corrected chi connectivity index (χ2v) is 7.63. The molecule has 0 fully saturated rings. The molecule has 5 heteroatoms. The number of carbonyl (C=O) groups is 1. The van der Waals surface area contributed by atoms with E-state index in [1.807, 2.05) is 68.4 Å². The van der Waals surface area contributed by atoms with Crippen molar-refractivity contribution < 1.29 is 14.3 Å². The molecule has 0 spiro atoms. The number of carbonyl (C=O) groups excluding carboxylic acids is 1. The normalized spacial score (nSPS) is 12.4. The lowest BCUT2D eigenvalue weighted by Crippen LogP contribution is -2.07. The van der Waals surface area contributed by atoms with Crippen LogP contribution in [0.25, 0.3) is 0 Å². The molecule has 1 aliphatic heterocycles. The molecular formula is C22H21NO3S. The van der Waals surface area contributed by atoms with Gasteiger partial charge in [-0.2, -0.15) is 0 Å². The van der Waals surface area contributed by atoms with Crippen LogP contribution in [0.5, 0.6) is 11.5 Å². The highest BCUT2D eigenvalue weighted by molar-refractivity contribution is 8.00. The third-order valence-electron chi connectivity index (χ3n) is 4.76. The second kappa shape index (κ2) is 7.53. The Morgan fingerprint density at radius 1 is 1.04 bits per heavy atom. The summed E-state index contributed by atoms with van der Waals surface area (Å²) in [6.07, 6.45) is 0. The van der Waals surface area contributed by atoms with E-state index in [0.29, 0.717) is 12.3 Å². The van der Waals surface area contributed by atoms with E-state index < -0.39 is 0 Å². The van der Waals surface area contributed by atoms with Crippen LogP contribution in [0.1, 0.15) is 27.3 Å². The number of rotatable bonds is 6. The average Bonchev–Trinajstić information content (AvgIpc) is 3.26. The fourth-order valence-electron chi connectivity index (χ4n) is 3.29. The topological polar surface area (TPSA) is 40.5 Å². The third kappa shape index (κ3) is 3.74. The van der Waals surface area contributed by atoms with Crippen LogP contribution in [-0.2, 0) is 6.54 Å². The van der Waals surface area contributed by atoms with Crippen LogP contribution < -0.4 is 9.47 Å². The van der Waals surface area contributed by atoms with Gasteiger partial charge in [0, 0.05) is 28.4 Å². The van der Waals surface area contributed by atoms with E-state index in [1.165, 1.54) is 0 Å². The van der Waals surface area contributed by atoms with Crippen LogP contribution in [0, 0.1) is 13.8 Å². The minimum absolute atomic E-state index is 0.161. The van der Waals surface area contributed by atoms with Gasteiger partial charge in [0.2, 0.25) is 6.79 Å². The molecule has 2 heterocycles. The van der Waals surface area contributed by atoms with Crippen molar-refractivity contribution in [2.24, 2.45) is 0 Å². The molecule has 27 heavy (non-hydrogen) atoms. The molecule has 0 saturated heterocycles. The second-order valence-electron chi connectivity index (χ2n) is 6.58. The minimum atomic E-state index is 0.161. The summed E-state index contributed by atoms with van der Waals surface area (Å²) >= 11 is 1.58. The molecule has 1 aliphatic rings. The number of fused-ring (bicyclic) bond motifs is 1. The summed E-state index contributed by atoms with van der Waals surface area (Å²) in [7, 11) is 0. The van der Waals surface area contributed by atoms with E-state index in [4.69, 9.17) is 9.47 Å². The number of ketones is 1. The van der Waals surface area contributed by atoms with Crippen molar-refractivity contribution in [3.8, 4) is 11.5 Å². The monoisotopic (exact) mass is 379 g/mol. The first-order valence-electron chi connectivity index (χ1n) is 8.88. The molecule has 0 aliphatic carbocycles. The lowest BCUT2D eigenvalue weighted by atomic mass is 10.1. The number of aryl methyl sites for hydroxylation is 1. The molecule has 4 nitrogen and oxygen atoms in total. The van der Waals surface area contributed by atoms with Gasteiger partial charge in [0.1, 0.15) is 0 Å². The number of Topliss-reactive ketones (excluding diaryl/α,β-unsaturated/α-hetero) is 1. The van der Waals surface area contributed by atoms with Gasteiger partial charge in [-0.25, -0.2) is 0 Å². The molecule has 2 aromatic carbocycles. The zero-order chi connectivity index (χ0) is 18.8. The average molecular weight is 379 g/mol. The number of nitrogens with zero attached hydrogens (tertiary/aromatic N) is 1. The van der Waals surface area contributed by atoms with Crippen LogP contribution in [0.15, 0.2) is 59.5 Å². The van der Waals surface area contributed by atoms with Gasteiger partial charge >= 0.3 is 0 Å². The highest BCUT2D eigenvalue weighted by Crippen LogP contribution is 2.33. The summed E-state index contributed by atoms with van der Waals surface area (Å²) in [5, 5.41) is 0. The summed E-state index contributed by atoms with van der Waals surface area (Å²) in [5.41, 5.74) is 4.01. The van der Waals surface area contributed by atoms with Gasteiger partial charge in [-0.15, -0.1) is 11.8 Å². The van der Waals surface area contributed by atoms with Crippen LogP contribution in [0.3, 0.4) is 0 Å². The van der Waals surface area contributed by atoms with Crippen LogP contribution in [0.2, 0.25) is 0 Å². The maximum absolute atomic E-state index is 12.7. The van der Waals surface area contributed by atoms with E-state index in [-0.39, 0.29) is 12.6 Å². The van der Waals surface area contributed by atoms with E-state index >= 15 is 0 Å². The molecule has 0 amide bonds. The number of aromatic nitrogens is 1. The van der Waals surface area contributed by atoms with Gasteiger partial charge in [-0.3, -0.25) is 4.79 Å². The minimum Gasteiger partial charge on any atom is -0.454 e. The highest BCUT2D eigenvalue weighted by Gasteiger charge is 2.18. The molecule has 4 rings (SSSR count). The van der Waals surface area contributed by atoms with Gasteiger partial charge in [0.15, 0.2) is 17.3 Å². The number of hydrogen-bond acceptors (Lipinski definition) is 4. The van der Waals surface area contributed by atoms with Crippen LogP contribution >= 0.6 is 11.8 Å². The van der Waals surface area contributed by atoms with Gasteiger partial charge in [0.25, 0.3) is 0 Å². The maximum Gasteiger partial charge on any atom is 0.231 e. The first-order chi connectivity index (χ1) is 13.1. The Balaban J connectivity index is 1.50. The Kier molecular flexibility index (Phi) is 4.94. The van der Waals surface area contributed by atoms with E-state index in [2.05, 4.69) is 4.57 Å². The Bertz CT molecular complexity index is 979. The van der Waals surface area contributed by atoms with Crippen LogP contribution in [0.4, 0.5) is 0 Å². The fraction of sp³-hybridized carbons (Fsp3) is 0.227. The summed E-state index contributed by atoms with van der Waals surface area (Å²) in [5.74, 6) is 2.17. The smallest absolute Gasteiger partial charge is 0.231 e. The van der Waals surface area contributed by atoms with E-state index in [9.17, 15) is 4.79 Å². The summed E-state index contributed by atoms with van der Waals surface area (Å²) in [6, 6.07) is 18.0. The number of hydrogen-bond donors (Lipinski definition) is 0. The summed E-state index contributed by atoms with van der Waals surface area (Å²) < 4.78 is 13.0. The predicted octanol–water partition coefficient (Wildman–Crippen LogP) is 4.86. The van der Waals surface area contributed by atoms with Crippen molar-refractivity contribution >= 4 is 17.5 Å². The zero-order valence-corrected chi connectivity index (χ0v) is 16.2. The molecule has 138 valence electrons. The van der Waals surface area contributed by atoms with Gasteiger partial charge in [-0.05, 0) is 49.7 Å². The molecule has 0 unspecified atom stereocenters. The lowest BCUT2D eigenvalue weighted by molar-refractivity contribution is 0.102. The maximum atomic E-state index is 12.7. The Hall–Kier alpha value is -2.66. The van der Waals surface area contributed by atoms with E-state index in [0.717, 1.165) is 38.9 Å². The van der Waals surface area contributed by atoms with Gasteiger partial charge in [-0.1, -0.05) is 24.3 Å². The standard InChI is InChI=1S/C22H21NO3S/c1-15-10-19(20(24)13-27-18-6-4-3-5-7-18)16(2)23(15)12-17-8-9-21-22(11-17)26-14-25-21/h3-11H,12-14H2,1-2H3. The van der Waals surface area contributed by atoms with E-state index in [1.54, 1.807) is 11.8 Å². The van der Waals surface area contributed by atoms with Crippen molar-refractivity contribution in [2.75, 3.05) is 12.5 Å². The summed E-state index contributed by atoms with van der Waals surface area (Å²) in [6.45, 7) is 5.03. The SMILES string of the molecule is Cc1cc(C(=O)CSc2ccccc2)c(C)n1Cc1ccc2c(c1)OCO2. The number of benzene rings is 2. The van der Waals surface area contributed by atoms with Crippen LogP contribution in [-0.4, -0.2) is 22.9 Å². The summed E-state index contributed by atoms with van der Waals surface area (Å²) in [4.78, 5) is 13.9. The highest BCUT2D eigenvalue weighted by atomic mass is 32.2. The molecule has 0 saturated carbocycles.